The summed E-state index contributed by atoms with van der Waals surface area (Å²) in [5.41, 5.74) is 0. The van der Waals surface area contributed by atoms with Crippen LogP contribution in [0.1, 0.15) is 162 Å². The molecule has 13 heteroatoms. The quantitative estimate of drug-likeness (QED) is 0.0201. The van der Waals surface area contributed by atoms with Gasteiger partial charge in [0.15, 0.2) is 6.29 Å². The monoisotopic (exact) mass is 857 g/mol. The fraction of sp³-hybridized carbons (Fsp3) is 0.761. The van der Waals surface area contributed by atoms with Gasteiger partial charge in [-0.3, -0.25) is 9.35 Å². The molecule has 1 aliphatic rings. The van der Waals surface area contributed by atoms with Gasteiger partial charge in [-0.2, -0.15) is 8.42 Å². The van der Waals surface area contributed by atoms with Crippen molar-refractivity contribution in [3.63, 3.8) is 0 Å². The third-order valence-electron chi connectivity index (χ3n) is 9.87. The molecule has 12 nitrogen and oxygen atoms in total. The second-order valence-electron chi connectivity index (χ2n) is 15.3. The van der Waals surface area contributed by atoms with Crippen LogP contribution in [0, 0.1) is 0 Å². The second kappa shape index (κ2) is 37.6. The topological polar surface area (TPSA) is 178 Å². The molecule has 0 bridgehead atoms. The highest BCUT2D eigenvalue weighted by Crippen LogP contribution is 2.26. The van der Waals surface area contributed by atoms with E-state index in [1.165, 1.54) is 44.9 Å². The Bertz CT molecular complexity index is 1260. The maximum atomic E-state index is 12.8. The van der Waals surface area contributed by atoms with Gasteiger partial charge in [-0.25, -0.2) is 4.18 Å². The zero-order valence-electron chi connectivity index (χ0n) is 36.3. The van der Waals surface area contributed by atoms with Crippen LogP contribution in [0.5, 0.6) is 0 Å². The molecule has 1 fully saturated rings. The van der Waals surface area contributed by atoms with Gasteiger partial charge in [-0.05, 0) is 70.6 Å². The van der Waals surface area contributed by atoms with Crippen LogP contribution in [0.2, 0.25) is 0 Å². The van der Waals surface area contributed by atoms with Crippen LogP contribution in [0.4, 0.5) is 0 Å². The fourth-order valence-electron chi connectivity index (χ4n) is 6.47. The molecule has 0 radical (unpaired) electrons. The zero-order valence-corrected chi connectivity index (χ0v) is 37.1. The summed E-state index contributed by atoms with van der Waals surface area (Å²) < 4.78 is 59.0. The number of ether oxygens (including phenoxy) is 4. The molecule has 59 heavy (non-hydrogen) atoms. The second-order valence-corrected chi connectivity index (χ2v) is 16.3. The third kappa shape index (κ3) is 31.3. The average molecular weight is 857 g/mol. The molecule has 1 heterocycles. The first-order valence-corrected chi connectivity index (χ1v) is 23.9. The predicted molar refractivity (Wildman–Crippen MR) is 234 cm³/mol. The largest absolute Gasteiger partial charge is 0.457 e. The standard InChI is InChI=1S/C46H80O12S/c1-3-5-7-9-11-13-15-17-19-20-21-22-24-26-28-30-32-34-36-54-38-40(39-55-46-44(50)45(58-59(51,52)53)43(49)41(37-47)57-46)56-42(48)35-33-31-29-27-25-23-18-16-14-12-10-8-6-4-2/h5,7,10-13,16-19,40-41,43-47,49-50H,3-4,6,8-9,14-15,20-39H2,1-2H3,(H,51,52,53)/b7-5-,12-10-,13-11-,18-16-,19-17-. The maximum Gasteiger partial charge on any atom is 0.397 e. The number of carbonyl (C=O) groups excluding carboxylic acids is 1. The van der Waals surface area contributed by atoms with Crippen LogP contribution in [0.3, 0.4) is 0 Å². The van der Waals surface area contributed by atoms with E-state index >= 15 is 0 Å². The van der Waals surface area contributed by atoms with E-state index in [1.807, 2.05) is 0 Å². The molecule has 6 atom stereocenters. The van der Waals surface area contributed by atoms with Crippen molar-refractivity contribution in [1.29, 1.82) is 0 Å². The molecule has 0 saturated carbocycles. The van der Waals surface area contributed by atoms with Crippen LogP contribution in [-0.2, 0) is 38.3 Å². The Balaban J connectivity index is 2.44. The van der Waals surface area contributed by atoms with Crippen molar-refractivity contribution in [3.05, 3.63) is 60.8 Å². The first-order valence-electron chi connectivity index (χ1n) is 22.5. The molecule has 0 aromatic carbocycles. The van der Waals surface area contributed by atoms with Crippen LogP contribution < -0.4 is 0 Å². The van der Waals surface area contributed by atoms with Gasteiger partial charge in [-0.1, -0.05) is 145 Å². The van der Waals surface area contributed by atoms with Gasteiger partial charge in [0.1, 0.15) is 30.5 Å². The van der Waals surface area contributed by atoms with Crippen LogP contribution >= 0.6 is 0 Å². The molecular formula is C46H80O12S. The van der Waals surface area contributed by atoms with Gasteiger partial charge in [0, 0.05) is 13.0 Å². The smallest absolute Gasteiger partial charge is 0.397 e. The van der Waals surface area contributed by atoms with Crippen molar-refractivity contribution in [3.8, 4) is 0 Å². The Morgan fingerprint density at radius 3 is 1.71 bits per heavy atom. The van der Waals surface area contributed by atoms with Gasteiger partial charge in [0.25, 0.3) is 0 Å². The predicted octanol–water partition coefficient (Wildman–Crippen LogP) is 9.35. The van der Waals surface area contributed by atoms with Gasteiger partial charge in [-0.15, -0.1) is 0 Å². The molecule has 342 valence electrons. The number of aliphatic hydroxyl groups is 3. The van der Waals surface area contributed by atoms with Crippen molar-refractivity contribution in [1.82, 2.24) is 0 Å². The summed E-state index contributed by atoms with van der Waals surface area (Å²) in [6.45, 7) is 3.79. The molecule has 0 spiro atoms. The minimum atomic E-state index is -5.07. The lowest BCUT2D eigenvalue weighted by Gasteiger charge is -2.41. The minimum absolute atomic E-state index is 0.0225. The van der Waals surface area contributed by atoms with E-state index < -0.39 is 59.8 Å². The fourth-order valence-corrected chi connectivity index (χ4v) is 6.98. The highest BCUT2D eigenvalue weighted by atomic mass is 32.3. The summed E-state index contributed by atoms with van der Waals surface area (Å²) >= 11 is 0. The lowest BCUT2D eigenvalue weighted by Crippen LogP contribution is -2.60. The zero-order chi connectivity index (χ0) is 43.2. The van der Waals surface area contributed by atoms with E-state index in [0.29, 0.717) is 13.0 Å². The molecule has 4 N–H and O–H groups in total. The number of carbonyl (C=O) groups is 1. The highest BCUT2D eigenvalue weighted by molar-refractivity contribution is 7.80. The number of aliphatic hydroxyl groups excluding tert-OH is 3. The molecule has 0 aliphatic carbocycles. The van der Waals surface area contributed by atoms with Crippen molar-refractivity contribution in [2.45, 2.75) is 198 Å². The number of esters is 1. The minimum Gasteiger partial charge on any atom is -0.457 e. The molecule has 1 saturated heterocycles. The summed E-state index contributed by atoms with van der Waals surface area (Å²) in [5.74, 6) is -0.419. The number of unbranched alkanes of at least 4 members (excludes halogenated alkanes) is 15. The highest BCUT2D eigenvalue weighted by Gasteiger charge is 2.48. The summed E-state index contributed by atoms with van der Waals surface area (Å²) in [6.07, 6.45) is 36.8. The van der Waals surface area contributed by atoms with E-state index in [2.05, 4.69) is 78.8 Å². The van der Waals surface area contributed by atoms with Crippen molar-refractivity contribution in [2.75, 3.05) is 26.4 Å². The van der Waals surface area contributed by atoms with E-state index in [4.69, 9.17) is 23.5 Å². The number of hydrogen-bond donors (Lipinski definition) is 4. The first-order chi connectivity index (χ1) is 28.6. The van der Waals surface area contributed by atoms with E-state index in [9.17, 15) is 28.5 Å². The third-order valence-corrected chi connectivity index (χ3v) is 10.3. The van der Waals surface area contributed by atoms with Gasteiger partial charge in [0.2, 0.25) is 0 Å². The lowest BCUT2D eigenvalue weighted by atomic mass is 9.99. The Labute approximate surface area is 357 Å². The van der Waals surface area contributed by atoms with Crippen LogP contribution in [0.25, 0.3) is 0 Å². The van der Waals surface area contributed by atoms with Gasteiger partial charge < -0.3 is 34.3 Å². The molecule has 0 amide bonds. The lowest BCUT2D eigenvalue weighted by molar-refractivity contribution is -0.301. The van der Waals surface area contributed by atoms with Crippen LogP contribution in [0.15, 0.2) is 60.8 Å². The van der Waals surface area contributed by atoms with Gasteiger partial charge in [0.05, 0.1) is 19.8 Å². The average Bonchev–Trinajstić information content (AvgIpc) is 3.20. The molecule has 6 unspecified atom stereocenters. The maximum absolute atomic E-state index is 12.8. The van der Waals surface area contributed by atoms with Crippen molar-refractivity contribution >= 4 is 16.4 Å². The number of allylic oxidation sites excluding steroid dienone is 10. The molecule has 1 rings (SSSR count). The summed E-state index contributed by atoms with van der Waals surface area (Å²) in [7, 11) is -5.07. The molecule has 0 aromatic rings. The Hall–Kier alpha value is -2.20. The first kappa shape index (κ1) is 54.8. The van der Waals surface area contributed by atoms with E-state index in [-0.39, 0.29) is 19.6 Å². The summed E-state index contributed by atoms with van der Waals surface area (Å²) in [5, 5.41) is 30.6. The van der Waals surface area contributed by atoms with E-state index in [0.717, 1.165) is 89.9 Å². The van der Waals surface area contributed by atoms with Crippen molar-refractivity contribution in [2.24, 2.45) is 0 Å². The van der Waals surface area contributed by atoms with Gasteiger partial charge >= 0.3 is 16.4 Å². The molecule has 1 aliphatic heterocycles. The molecular weight excluding hydrogens is 777 g/mol. The number of hydrogen-bond acceptors (Lipinski definition) is 11. The Kier molecular flexibility index (Phi) is 34.9. The molecule has 0 aromatic heterocycles. The normalized spacial score (nSPS) is 20.9. The Morgan fingerprint density at radius 2 is 1.17 bits per heavy atom. The summed E-state index contributed by atoms with van der Waals surface area (Å²) in [6, 6.07) is 0. The summed E-state index contributed by atoms with van der Waals surface area (Å²) in [4.78, 5) is 12.8. The van der Waals surface area contributed by atoms with Crippen LogP contribution in [-0.4, -0.2) is 97.5 Å². The SMILES string of the molecule is CC/C=C\C/C=C\C/C=C\CCCCCCCCCCOCC(COC1OC(CO)C(O)C(OS(=O)(=O)O)C1O)OC(=O)CCCCCCC/C=C\C/C=C\CCCC. The van der Waals surface area contributed by atoms with Crippen molar-refractivity contribution < 1.29 is 56.2 Å². The number of rotatable bonds is 38. The Morgan fingerprint density at radius 1 is 0.661 bits per heavy atom. The van der Waals surface area contributed by atoms with E-state index in [1.54, 1.807) is 0 Å².